The molecule has 1 aliphatic heterocycles. The Labute approximate surface area is 128 Å². The molecule has 0 spiro atoms. The van der Waals surface area contributed by atoms with Gasteiger partial charge in [-0.05, 0) is 64.2 Å². The smallest absolute Gasteiger partial charge is 0.126 e. The highest BCUT2D eigenvalue weighted by Crippen LogP contribution is 2.32. The van der Waals surface area contributed by atoms with Crippen LogP contribution in [0.15, 0.2) is 12.1 Å². The van der Waals surface area contributed by atoms with Crippen molar-refractivity contribution >= 4 is 5.69 Å². The minimum absolute atomic E-state index is 0.109. The van der Waals surface area contributed by atoms with Gasteiger partial charge in [-0.15, -0.1) is 0 Å². The maximum absolute atomic E-state index is 14.0. The van der Waals surface area contributed by atoms with Crippen molar-refractivity contribution in [1.29, 1.82) is 0 Å². The van der Waals surface area contributed by atoms with Crippen LogP contribution in [0.1, 0.15) is 37.4 Å². The number of benzene rings is 1. The number of aryl methyl sites for hydroxylation is 1. The van der Waals surface area contributed by atoms with Gasteiger partial charge in [0.1, 0.15) is 5.82 Å². The van der Waals surface area contributed by atoms with Crippen LogP contribution in [0.3, 0.4) is 0 Å². The second kappa shape index (κ2) is 6.75. The van der Waals surface area contributed by atoms with Gasteiger partial charge in [-0.1, -0.05) is 6.92 Å². The summed E-state index contributed by atoms with van der Waals surface area (Å²) in [6.45, 7) is 8.98. The number of nitrogens with zero attached hydrogens (tertiary/aromatic N) is 2. The molecule has 118 valence electrons. The second-order valence-corrected chi connectivity index (χ2v) is 6.29. The lowest BCUT2D eigenvalue weighted by Gasteiger charge is -2.27. The Bertz CT molecular complexity index is 487. The van der Waals surface area contributed by atoms with Crippen LogP contribution in [0, 0.1) is 12.7 Å². The Morgan fingerprint density at radius 1 is 1.43 bits per heavy atom. The van der Waals surface area contributed by atoms with Crippen molar-refractivity contribution in [2.45, 2.75) is 39.3 Å². The summed E-state index contributed by atoms with van der Waals surface area (Å²) in [6.07, 6.45) is 1.17. The van der Waals surface area contributed by atoms with Crippen molar-refractivity contribution in [3.05, 3.63) is 29.1 Å². The van der Waals surface area contributed by atoms with Crippen molar-refractivity contribution in [2.75, 3.05) is 38.6 Å². The number of likely N-dealkylation sites (N-methyl/N-ethyl adjacent to an activating group) is 1. The highest BCUT2D eigenvalue weighted by atomic mass is 19.1. The molecule has 0 amide bonds. The molecular formula is C17H28FN3. The number of anilines is 1. The van der Waals surface area contributed by atoms with Crippen LogP contribution in [0.2, 0.25) is 0 Å². The molecule has 0 radical (unpaired) electrons. The van der Waals surface area contributed by atoms with E-state index in [-0.39, 0.29) is 11.9 Å². The molecule has 3 nitrogen and oxygen atoms in total. The summed E-state index contributed by atoms with van der Waals surface area (Å²) in [6, 6.07) is 4.47. The Balaban J connectivity index is 2.31. The third kappa shape index (κ3) is 3.55. The third-order valence-electron chi connectivity index (χ3n) is 4.52. The lowest BCUT2D eigenvalue weighted by molar-refractivity contribution is 0.315. The van der Waals surface area contributed by atoms with Gasteiger partial charge in [0.05, 0.1) is 0 Å². The lowest BCUT2D eigenvalue weighted by atomic mass is 10.0. The molecule has 0 aliphatic carbocycles. The Morgan fingerprint density at radius 2 is 2.14 bits per heavy atom. The average Bonchev–Trinajstić information content (AvgIpc) is 2.91. The quantitative estimate of drug-likeness (QED) is 0.900. The molecule has 1 aliphatic rings. The zero-order chi connectivity index (χ0) is 15.6. The molecule has 1 saturated heterocycles. The van der Waals surface area contributed by atoms with E-state index < -0.39 is 0 Å². The number of halogens is 1. The minimum atomic E-state index is -0.109. The van der Waals surface area contributed by atoms with Crippen LogP contribution < -0.4 is 10.2 Å². The van der Waals surface area contributed by atoms with Crippen molar-refractivity contribution in [2.24, 2.45) is 0 Å². The number of nitrogens with one attached hydrogen (secondary N) is 1. The van der Waals surface area contributed by atoms with E-state index in [1.807, 2.05) is 13.0 Å². The Morgan fingerprint density at radius 3 is 2.71 bits per heavy atom. The van der Waals surface area contributed by atoms with E-state index in [1.165, 1.54) is 12.1 Å². The standard InChI is InChI=1S/C17H28FN3/c1-6-19-13(3)15-10-16(18)12(2)9-17(15)21-8-7-14(11-21)20(4)5/h9-10,13-14,19H,6-8,11H2,1-5H3. The molecule has 0 aromatic heterocycles. The summed E-state index contributed by atoms with van der Waals surface area (Å²) >= 11 is 0. The summed E-state index contributed by atoms with van der Waals surface area (Å²) in [5.41, 5.74) is 2.98. The van der Waals surface area contributed by atoms with Gasteiger partial charge < -0.3 is 15.1 Å². The number of hydrogen-bond acceptors (Lipinski definition) is 3. The van der Waals surface area contributed by atoms with Crippen LogP contribution in [0.4, 0.5) is 10.1 Å². The molecular weight excluding hydrogens is 265 g/mol. The fourth-order valence-electron chi connectivity index (χ4n) is 3.10. The SMILES string of the molecule is CCNC(C)c1cc(F)c(C)cc1N1CCC(N(C)C)C1. The van der Waals surface area contributed by atoms with Crippen LogP contribution in [0.25, 0.3) is 0 Å². The zero-order valence-corrected chi connectivity index (χ0v) is 13.9. The molecule has 21 heavy (non-hydrogen) atoms. The molecule has 4 heteroatoms. The maximum atomic E-state index is 14.0. The van der Waals surface area contributed by atoms with Crippen LogP contribution in [-0.4, -0.2) is 44.7 Å². The van der Waals surface area contributed by atoms with Gasteiger partial charge in [0.25, 0.3) is 0 Å². The average molecular weight is 293 g/mol. The molecule has 1 N–H and O–H groups in total. The summed E-state index contributed by atoms with van der Waals surface area (Å²) in [4.78, 5) is 4.68. The Hall–Kier alpha value is -1.13. The first-order valence-electron chi connectivity index (χ1n) is 7.88. The van der Waals surface area contributed by atoms with Gasteiger partial charge in [0.2, 0.25) is 0 Å². The highest BCUT2D eigenvalue weighted by molar-refractivity contribution is 5.58. The predicted octanol–water partition coefficient (Wildman–Crippen LogP) is 2.94. The highest BCUT2D eigenvalue weighted by Gasteiger charge is 2.27. The Kier molecular flexibility index (Phi) is 5.22. The molecule has 1 heterocycles. The van der Waals surface area contributed by atoms with E-state index in [4.69, 9.17) is 0 Å². The number of hydrogen-bond donors (Lipinski definition) is 1. The van der Waals surface area contributed by atoms with E-state index in [0.29, 0.717) is 6.04 Å². The first-order valence-corrected chi connectivity index (χ1v) is 7.88. The maximum Gasteiger partial charge on any atom is 0.126 e. The van der Waals surface area contributed by atoms with Gasteiger partial charge >= 0.3 is 0 Å². The van der Waals surface area contributed by atoms with Crippen molar-refractivity contribution in [1.82, 2.24) is 10.2 Å². The van der Waals surface area contributed by atoms with Gasteiger partial charge in [-0.3, -0.25) is 0 Å². The molecule has 1 aromatic carbocycles. The lowest BCUT2D eigenvalue weighted by Crippen LogP contribution is -2.32. The van der Waals surface area contributed by atoms with Gasteiger partial charge in [0, 0.05) is 30.9 Å². The molecule has 1 aromatic rings. The van der Waals surface area contributed by atoms with E-state index in [2.05, 4.69) is 43.1 Å². The van der Waals surface area contributed by atoms with E-state index in [1.54, 1.807) is 6.07 Å². The van der Waals surface area contributed by atoms with Crippen LogP contribution in [-0.2, 0) is 0 Å². The van der Waals surface area contributed by atoms with Crippen LogP contribution >= 0.6 is 0 Å². The molecule has 2 atom stereocenters. The van der Waals surface area contributed by atoms with Crippen LogP contribution in [0.5, 0.6) is 0 Å². The molecule has 1 fully saturated rings. The molecule has 0 saturated carbocycles. The van der Waals surface area contributed by atoms with Crippen molar-refractivity contribution in [3.63, 3.8) is 0 Å². The van der Waals surface area contributed by atoms with E-state index >= 15 is 0 Å². The first-order chi connectivity index (χ1) is 9.93. The summed E-state index contributed by atoms with van der Waals surface area (Å²) in [5, 5.41) is 3.40. The van der Waals surface area contributed by atoms with Gasteiger partial charge in [-0.25, -0.2) is 4.39 Å². The third-order valence-corrected chi connectivity index (χ3v) is 4.52. The number of rotatable bonds is 5. The summed E-state index contributed by atoms with van der Waals surface area (Å²) in [7, 11) is 4.26. The fourth-order valence-corrected chi connectivity index (χ4v) is 3.10. The topological polar surface area (TPSA) is 18.5 Å². The largest absolute Gasteiger partial charge is 0.370 e. The normalized spacial score (nSPS) is 20.3. The summed E-state index contributed by atoms with van der Waals surface area (Å²) in [5.74, 6) is -0.109. The minimum Gasteiger partial charge on any atom is -0.370 e. The summed E-state index contributed by atoms with van der Waals surface area (Å²) < 4.78 is 14.0. The molecule has 2 unspecified atom stereocenters. The first kappa shape index (κ1) is 16.2. The van der Waals surface area contributed by atoms with E-state index in [0.717, 1.165) is 30.8 Å². The van der Waals surface area contributed by atoms with Crippen molar-refractivity contribution < 1.29 is 4.39 Å². The molecule has 0 bridgehead atoms. The fraction of sp³-hybridized carbons (Fsp3) is 0.647. The molecule has 2 rings (SSSR count). The second-order valence-electron chi connectivity index (χ2n) is 6.29. The van der Waals surface area contributed by atoms with Crippen molar-refractivity contribution in [3.8, 4) is 0 Å². The zero-order valence-electron chi connectivity index (χ0n) is 13.9. The van der Waals surface area contributed by atoms with E-state index in [9.17, 15) is 4.39 Å². The van der Waals surface area contributed by atoms with Gasteiger partial charge in [-0.2, -0.15) is 0 Å². The van der Waals surface area contributed by atoms with Gasteiger partial charge in [0.15, 0.2) is 0 Å². The predicted molar refractivity (Wildman–Crippen MR) is 87.5 cm³/mol. The monoisotopic (exact) mass is 293 g/mol.